The first-order valence-corrected chi connectivity index (χ1v) is 9.22. The normalized spacial score (nSPS) is 18.6. The van der Waals surface area contributed by atoms with Crippen molar-refractivity contribution in [3.63, 3.8) is 0 Å². The SMILES string of the molecule is O=C1Nc2ccc(Cl)cc2C12CCN(Cc1ccc(OC(F)F)cc1)CC2. The van der Waals surface area contributed by atoms with Crippen LogP contribution in [-0.4, -0.2) is 30.5 Å². The second-order valence-corrected chi connectivity index (χ2v) is 7.46. The minimum absolute atomic E-state index is 0.0490. The maximum atomic E-state index is 12.7. The van der Waals surface area contributed by atoms with Crippen LogP contribution in [0.5, 0.6) is 5.75 Å². The summed E-state index contributed by atoms with van der Waals surface area (Å²) in [5, 5.41) is 3.62. The minimum atomic E-state index is -2.82. The van der Waals surface area contributed by atoms with Crippen LogP contribution in [0.2, 0.25) is 5.02 Å². The van der Waals surface area contributed by atoms with Gasteiger partial charge in [-0.05, 0) is 67.4 Å². The Bertz CT molecular complexity index is 850. The molecule has 1 N–H and O–H groups in total. The number of fused-ring (bicyclic) bond motifs is 2. The standard InChI is InChI=1S/C20H19ClF2N2O2/c21-14-3-6-17-16(11-14)20(18(26)24-17)7-9-25(10-8-20)12-13-1-4-15(5-2-13)27-19(22)23/h1-6,11,19H,7-10,12H2,(H,24,26). The molecule has 142 valence electrons. The summed E-state index contributed by atoms with van der Waals surface area (Å²) >= 11 is 6.15. The summed E-state index contributed by atoms with van der Waals surface area (Å²) in [5.74, 6) is 0.204. The van der Waals surface area contributed by atoms with E-state index in [1.807, 2.05) is 12.1 Å². The van der Waals surface area contributed by atoms with Gasteiger partial charge in [0.05, 0.1) is 5.41 Å². The number of alkyl halides is 2. The van der Waals surface area contributed by atoms with Crippen LogP contribution in [0.1, 0.15) is 24.0 Å². The van der Waals surface area contributed by atoms with Crippen molar-refractivity contribution in [2.24, 2.45) is 0 Å². The number of hydrogen-bond acceptors (Lipinski definition) is 3. The summed E-state index contributed by atoms with van der Waals surface area (Å²) in [6.07, 6.45) is 1.44. The molecule has 2 heterocycles. The molecule has 1 amide bonds. The Labute approximate surface area is 161 Å². The van der Waals surface area contributed by atoms with Crippen molar-refractivity contribution in [2.45, 2.75) is 31.4 Å². The minimum Gasteiger partial charge on any atom is -0.435 e. The Hall–Kier alpha value is -2.18. The van der Waals surface area contributed by atoms with Crippen LogP contribution in [0.3, 0.4) is 0 Å². The van der Waals surface area contributed by atoms with Crippen LogP contribution in [0.4, 0.5) is 14.5 Å². The number of amides is 1. The fraction of sp³-hybridized carbons (Fsp3) is 0.350. The Balaban J connectivity index is 1.42. The van der Waals surface area contributed by atoms with E-state index in [4.69, 9.17) is 11.6 Å². The summed E-state index contributed by atoms with van der Waals surface area (Å²) in [7, 11) is 0. The number of carbonyl (C=O) groups is 1. The molecule has 2 aliphatic heterocycles. The van der Waals surface area contributed by atoms with Gasteiger partial charge in [0.25, 0.3) is 0 Å². The van der Waals surface area contributed by atoms with Gasteiger partial charge < -0.3 is 10.1 Å². The van der Waals surface area contributed by atoms with E-state index in [0.29, 0.717) is 11.6 Å². The van der Waals surface area contributed by atoms with Gasteiger partial charge in [-0.1, -0.05) is 23.7 Å². The Morgan fingerprint density at radius 3 is 2.52 bits per heavy atom. The smallest absolute Gasteiger partial charge is 0.387 e. The second-order valence-electron chi connectivity index (χ2n) is 7.02. The van der Waals surface area contributed by atoms with Gasteiger partial charge in [-0.25, -0.2) is 0 Å². The van der Waals surface area contributed by atoms with E-state index >= 15 is 0 Å². The van der Waals surface area contributed by atoms with Gasteiger partial charge in [0.15, 0.2) is 0 Å². The molecule has 2 aliphatic rings. The molecule has 0 bridgehead atoms. The van der Waals surface area contributed by atoms with Crippen molar-refractivity contribution in [1.82, 2.24) is 4.90 Å². The van der Waals surface area contributed by atoms with E-state index in [1.54, 1.807) is 30.3 Å². The van der Waals surface area contributed by atoms with E-state index in [2.05, 4.69) is 15.0 Å². The molecule has 0 radical (unpaired) electrons. The van der Waals surface area contributed by atoms with E-state index in [-0.39, 0.29) is 11.7 Å². The zero-order chi connectivity index (χ0) is 19.0. The van der Waals surface area contributed by atoms with Crippen LogP contribution < -0.4 is 10.1 Å². The van der Waals surface area contributed by atoms with E-state index in [0.717, 1.165) is 42.7 Å². The predicted octanol–water partition coefficient (Wildman–Crippen LogP) is 4.43. The molecular formula is C20H19ClF2N2O2. The van der Waals surface area contributed by atoms with Crippen LogP contribution in [-0.2, 0) is 16.8 Å². The number of nitrogens with one attached hydrogen (secondary N) is 1. The molecule has 0 atom stereocenters. The molecule has 0 saturated carbocycles. The monoisotopic (exact) mass is 392 g/mol. The molecule has 0 aromatic heterocycles. The molecule has 1 fully saturated rings. The maximum Gasteiger partial charge on any atom is 0.387 e. The number of ether oxygens (including phenoxy) is 1. The van der Waals surface area contributed by atoms with Gasteiger partial charge in [0, 0.05) is 17.3 Å². The largest absolute Gasteiger partial charge is 0.435 e. The van der Waals surface area contributed by atoms with Crippen LogP contribution >= 0.6 is 11.6 Å². The number of nitrogens with zero attached hydrogens (tertiary/aromatic N) is 1. The third-order valence-corrected chi connectivity index (χ3v) is 5.68. The summed E-state index contributed by atoms with van der Waals surface area (Å²) < 4.78 is 28.8. The van der Waals surface area contributed by atoms with Crippen molar-refractivity contribution in [3.05, 3.63) is 58.6 Å². The van der Waals surface area contributed by atoms with E-state index in [9.17, 15) is 13.6 Å². The highest BCUT2D eigenvalue weighted by molar-refractivity contribution is 6.31. The second kappa shape index (κ2) is 7.09. The molecule has 0 unspecified atom stereocenters. The van der Waals surface area contributed by atoms with Crippen molar-refractivity contribution in [3.8, 4) is 5.75 Å². The van der Waals surface area contributed by atoms with Crippen LogP contribution in [0.25, 0.3) is 0 Å². The molecule has 2 aromatic rings. The van der Waals surface area contributed by atoms with Crippen molar-refractivity contribution in [1.29, 1.82) is 0 Å². The van der Waals surface area contributed by atoms with Crippen molar-refractivity contribution < 1.29 is 18.3 Å². The first kappa shape index (κ1) is 18.2. The Morgan fingerprint density at radius 1 is 1.15 bits per heavy atom. The average Bonchev–Trinajstić information content (AvgIpc) is 2.90. The topological polar surface area (TPSA) is 41.6 Å². The molecule has 4 nitrogen and oxygen atoms in total. The Kier molecular flexibility index (Phi) is 4.78. The van der Waals surface area contributed by atoms with Gasteiger partial charge in [0.2, 0.25) is 5.91 Å². The zero-order valence-electron chi connectivity index (χ0n) is 14.6. The van der Waals surface area contributed by atoms with Crippen molar-refractivity contribution in [2.75, 3.05) is 18.4 Å². The van der Waals surface area contributed by atoms with Gasteiger partial charge in [-0.2, -0.15) is 8.78 Å². The third-order valence-electron chi connectivity index (χ3n) is 5.44. The summed E-state index contributed by atoms with van der Waals surface area (Å²) in [6, 6.07) is 12.2. The summed E-state index contributed by atoms with van der Waals surface area (Å²) in [5.41, 5.74) is 2.36. The van der Waals surface area contributed by atoms with Crippen LogP contribution in [0, 0.1) is 0 Å². The number of likely N-dealkylation sites (tertiary alicyclic amines) is 1. The third kappa shape index (κ3) is 3.51. The molecule has 0 aliphatic carbocycles. The number of benzene rings is 2. The van der Waals surface area contributed by atoms with Gasteiger partial charge in [-0.15, -0.1) is 0 Å². The number of halogens is 3. The molecule has 7 heteroatoms. The quantitative estimate of drug-likeness (QED) is 0.837. The lowest BCUT2D eigenvalue weighted by molar-refractivity contribution is -0.122. The first-order valence-electron chi connectivity index (χ1n) is 8.84. The fourth-order valence-electron chi connectivity index (χ4n) is 4.01. The van der Waals surface area contributed by atoms with Crippen LogP contribution in [0.15, 0.2) is 42.5 Å². The van der Waals surface area contributed by atoms with E-state index < -0.39 is 12.0 Å². The Morgan fingerprint density at radius 2 is 1.85 bits per heavy atom. The van der Waals surface area contributed by atoms with Gasteiger partial charge >= 0.3 is 6.61 Å². The first-order chi connectivity index (χ1) is 13.0. The number of carbonyl (C=O) groups excluding carboxylic acids is 1. The lowest BCUT2D eigenvalue weighted by Gasteiger charge is -2.38. The fourth-order valence-corrected chi connectivity index (χ4v) is 4.18. The van der Waals surface area contributed by atoms with E-state index in [1.165, 1.54) is 0 Å². The molecule has 1 saturated heterocycles. The average molecular weight is 393 g/mol. The number of rotatable bonds is 4. The lowest BCUT2D eigenvalue weighted by Crippen LogP contribution is -2.46. The lowest BCUT2D eigenvalue weighted by atomic mass is 9.73. The molecule has 27 heavy (non-hydrogen) atoms. The maximum absolute atomic E-state index is 12.7. The highest BCUT2D eigenvalue weighted by Crippen LogP contribution is 2.45. The van der Waals surface area contributed by atoms with Gasteiger partial charge in [0.1, 0.15) is 5.75 Å². The highest BCUT2D eigenvalue weighted by atomic mass is 35.5. The highest BCUT2D eigenvalue weighted by Gasteiger charge is 2.48. The molecule has 1 spiro atoms. The number of hydrogen-bond donors (Lipinski definition) is 1. The van der Waals surface area contributed by atoms with Crippen molar-refractivity contribution >= 4 is 23.2 Å². The number of piperidine rings is 1. The zero-order valence-corrected chi connectivity index (χ0v) is 15.3. The van der Waals surface area contributed by atoms with Gasteiger partial charge in [-0.3, -0.25) is 9.69 Å². The predicted molar refractivity (Wildman–Crippen MR) is 99.3 cm³/mol. The summed E-state index contributed by atoms with van der Waals surface area (Å²) in [4.78, 5) is 14.9. The molecule has 4 rings (SSSR count). The molecular weight excluding hydrogens is 374 g/mol. The molecule has 2 aromatic carbocycles. The summed E-state index contributed by atoms with van der Waals surface area (Å²) in [6.45, 7) is -0.568. The number of anilines is 1.